The minimum atomic E-state index is -0.710. The van der Waals surface area contributed by atoms with Crippen molar-refractivity contribution in [3.8, 4) is 11.8 Å². The van der Waals surface area contributed by atoms with Crippen molar-refractivity contribution in [2.24, 2.45) is 0 Å². The summed E-state index contributed by atoms with van der Waals surface area (Å²) in [6.45, 7) is 1.62. The van der Waals surface area contributed by atoms with Crippen molar-refractivity contribution in [2.45, 2.75) is 13.0 Å². The first kappa shape index (κ1) is 13.1. The molecule has 96 valence electrons. The van der Waals surface area contributed by atoms with Gasteiger partial charge in [-0.25, -0.2) is 4.98 Å². The number of ether oxygens (including phenoxy) is 1. The number of carbonyl (C=O) groups is 1. The van der Waals surface area contributed by atoms with E-state index >= 15 is 0 Å². The number of aromatic nitrogens is 1. The standard InChI is InChI=1S/C13H11N3O2S/c1-9(12(17)16-13-15-6-7-19-13)18-11-5-3-2-4-10(11)8-14/h2-7,9H,1H3,(H,15,16,17)/t9-/m1/s1. The Morgan fingerprint density at radius 3 is 3.00 bits per heavy atom. The average molecular weight is 273 g/mol. The number of hydrogen-bond donors (Lipinski definition) is 1. The summed E-state index contributed by atoms with van der Waals surface area (Å²) in [7, 11) is 0. The molecule has 0 bridgehead atoms. The quantitative estimate of drug-likeness (QED) is 0.928. The Hall–Kier alpha value is -2.39. The van der Waals surface area contributed by atoms with E-state index in [1.807, 2.05) is 6.07 Å². The summed E-state index contributed by atoms with van der Waals surface area (Å²) in [6.07, 6.45) is 0.898. The molecule has 19 heavy (non-hydrogen) atoms. The number of anilines is 1. The third kappa shape index (κ3) is 3.30. The first-order chi connectivity index (χ1) is 9.20. The molecule has 2 aromatic rings. The molecule has 0 saturated carbocycles. The van der Waals surface area contributed by atoms with Crippen LogP contribution in [-0.4, -0.2) is 17.0 Å². The van der Waals surface area contributed by atoms with Crippen LogP contribution in [0.4, 0.5) is 5.13 Å². The van der Waals surface area contributed by atoms with Crippen LogP contribution in [0.25, 0.3) is 0 Å². The fourth-order valence-electron chi connectivity index (χ4n) is 1.40. The maximum atomic E-state index is 11.9. The van der Waals surface area contributed by atoms with E-state index in [1.54, 1.807) is 42.8 Å². The Labute approximate surface area is 114 Å². The lowest BCUT2D eigenvalue weighted by Crippen LogP contribution is -2.30. The fourth-order valence-corrected chi connectivity index (χ4v) is 1.93. The summed E-state index contributed by atoms with van der Waals surface area (Å²) in [6, 6.07) is 8.81. The van der Waals surface area contributed by atoms with Crippen LogP contribution in [0.3, 0.4) is 0 Å². The van der Waals surface area contributed by atoms with Gasteiger partial charge in [0.2, 0.25) is 0 Å². The van der Waals surface area contributed by atoms with Crippen LogP contribution in [0.1, 0.15) is 12.5 Å². The number of thiazole rings is 1. The van der Waals surface area contributed by atoms with Crippen LogP contribution in [0.2, 0.25) is 0 Å². The molecular weight excluding hydrogens is 262 g/mol. The molecule has 1 aromatic heterocycles. The summed E-state index contributed by atoms with van der Waals surface area (Å²) >= 11 is 1.33. The number of nitrogens with one attached hydrogen (secondary N) is 1. The van der Waals surface area contributed by atoms with Gasteiger partial charge in [0.15, 0.2) is 11.2 Å². The summed E-state index contributed by atoms with van der Waals surface area (Å²) < 4.78 is 5.49. The van der Waals surface area contributed by atoms with Crippen LogP contribution in [0, 0.1) is 11.3 Å². The molecule has 1 heterocycles. The first-order valence-electron chi connectivity index (χ1n) is 5.57. The van der Waals surface area contributed by atoms with E-state index in [4.69, 9.17) is 10.00 Å². The largest absolute Gasteiger partial charge is 0.480 e. The Bertz CT molecular complexity index is 605. The van der Waals surface area contributed by atoms with Gasteiger partial charge in [-0.05, 0) is 19.1 Å². The Morgan fingerprint density at radius 1 is 1.53 bits per heavy atom. The zero-order chi connectivity index (χ0) is 13.7. The van der Waals surface area contributed by atoms with E-state index in [9.17, 15) is 4.79 Å². The van der Waals surface area contributed by atoms with Gasteiger partial charge in [0.05, 0.1) is 5.56 Å². The maximum Gasteiger partial charge on any atom is 0.266 e. The van der Waals surface area contributed by atoms with Gasteiger partial charge in [0.1, 0.15) is 11.8 Å². The molecule has 0 radical (unpaired) electrons. The number of benzene rings is 1. The van der Waals surface area contributed by atoms with Crippen molar-refractivity contribution in [1.29, 1.82) is 5.26 Å². The Balaban J connectivity index is 2.02. The minimum absolute atomic E-state index is 0.303. The number of rotatable bonds is 4. The van der Waals surface area contributed by atoms with Gasteiger partial charge >= 0.3 is 0 Å². The second-order valence-corrected chi connectivity index (χ2v) is 4.59. The molecular formula is C13H11N3O2S. The second-order valence-electron chi connectivity index (χ2n) is 3.69. The number of amides is 1. The normalized spacial score (nSPS) is 11.4. The fraction of sp³-hybridized carbons (Fsp3) is 0.154. The smallest absolute Gasteiger partial charge is 0.266 e. The van der Waals surface area contributed by atoms with Crippen molar-refractivity contribution in [3.63, 3.8) is 0 Å². The van der Waals surface area contributed by atoms with Crippen molar-refractivity contribution >= 4 is 22.4 Å². The number of para-hydroxylation sites is 1. The lowest BCUT2D eigenvalue weighted by Gasteiger charge is -2.14. The van der Waals surface area contributed by atoms with Gasteiger partial charge in [-0.3, -0.25) is 10.1 Å². The summed E-state index contributed by atoms with van der Waals surface area (Å²) in [4.78, 5) is 15.8. The molecule has 1 aromatic carbocycles. The van der Waals surface area contributed by atoms with E-state index < -0.39 is 6.10 Å². The van der Waals surface area contributed by atoms with Gasteiger partial charge in [-0.1, -0.05) is 12.1 Å². The third-order valence-electron chi connectivity index (χ3n) is 2.34. The Kier molecular flexibility index (Phi) is 4.11. The second kappa shape index (κ2) is 5.98. The molecule has 0 aliphatic carbocycles. The molecule has 1 amide bonds. The molecule has 0 saturated heterocycles. The summed E-state index contributed by atoms with van der Waals surface area (Å²) in [5.74, 6) is 0.0921. The highest BCUT2D eigenvalue weighted by Gasteiger charge is 2.17. The first-order valence-corrected chi connectivity index (χ1v) is 6.45. The van der Waals surface area contributed by atoms with Gasteiger partial charge < -0.3 is 4.74 Å². The van der Waals surface area contributed by atoms with Crippen molar-refractivity contribution in [2.75, 3.05) is 5.32 Å². The van der Waals surface area contributed by atoms with Crippen LogP contribution in [-0.2, 0) is 4.79 Å². The number of nitriles is 1. The van der Waals surface area contributed by atoms with E-state index in [0.29, 0.717) is 16.4 Å². The zero-order valence-electron chi connectivity index (χ0n) is 10.2. The van der Waals surface area contributed by atoms with Crippen LogP contribution in [0.5, 0.6) is 5.75 Å². The lowest BCUT2D eigenvalue weighted by atomic mass is 10.2. The zero-order valence-corrected chi connectivity index (χ0v) is 11.0. The predicted octanol–water partition coefficient (Wildman–Crippen LogP) is 2.42. The van der Waals surface area contributed by atoms with Crippen LogP contribution >= 0.6 is 11.3 Å². The molecule has 1 N–H and O–H groups in total. The third-order valence-corrected chi connectivity index (χ3v) is 3.03. The molecule has 5 nitrogen and oxygen atoms in total. The summed E-state index contributed by atoms with van der Waals surface area (Å²) in [5, 5.41) is 13.9. The van der Waals surface area contributed by atoms with Gasteiger partial charge in [0.25, 0.3) is 5.91 Å². The molecule has 1 atom stereocenters. The number of carbonyl (C=O) groups excluding carboxylic acids is 1. The average Bonchev–Trinajstić information content (AvgIpc) is 2.92. The number of hydrogen-bond acceptors (Lipinski definition) is 5. The van der Waals surface area contributed by atoms with E-state index in [-0.39, 0.29) is 5.91 Å². The van der Waals surface area contributed by atoms with E-state index in [1.165, 1.54) is 11.3 Å². The maximum absolute atomic E-state index is 11.9. The molecule has 0 aliphatic heterocycles. The van der Waals surface area contributed by atoms with Crippen LogP contribution < -0.4 is 10.1 Å². The molecule has 0 aliphatic rings. The SMILES string of the molecule is C[C@@H](Oc1ccccc1C#N)C(=O)Nc1nccs1. The Morgan fingerprint density at radius 2 is 2.32 bits per heavy atom. The van der Waals surface area contributed by atoms with Crippen molar-refractivity contribution in [1.82, 2.24) is 4.98 Å². The topological polar surface area (TPSA) is 75.0 Å². The monoisotopic (exact) mass is 273 g/mol. The minimum Gasteiger partial charge on any atom is -0.480 e. The van der Waals surface area contributed by atoms with E-state index in [2.05, 4.69) is 10.3 Å². The molecule has 0 fully saturated rings. The van der Waals surface area contributed by atoms with Crippen molar-refractivity contribution in [3.05, 3.63) is 41.4 Å². The molecule has 0 spiro atoms. The number of nitrogens with zero attached hydrogens (tertiary/aromatic N) is 2. The summed E-state index contributed by atoms with van der Waals surface area (Å²) in [5.41, 5.74) is 0.399. The predicted molar refractivity (Wildman–Crippen MR) is 72.0 cm³/mol. The molecule has 2 rings (SSSR count). The highest BCUT2D eigenvalue weighted by Crippen LogP contribution is 2.19. The van der Waals surface area contributed by atoms with Crippen LogP contribution in [0.15, 0.2) is 35.8 Å². The lowest BCUT2D eigenvalue weighted by molar-refractivity contribution is -0.122. The molecule has 6 heteroatoms. The highest BCUT2D eigenvalue weighted by atomic mass is 32.1. The van der Waals surface area contributed by atoms with Crippen molar-refractivity contribution < 1.29 is 9.53 Å². The van der Waals surface area contributed by atoms with E-state index in [0.717, 1.165) is 0 Å². The van der Waals surface area contributed by atoms with Gasteiger partial charge in [-0.15, -0.1) is 11.3 Å². The van der Waals surface area contributed by atoms with Gasteiger partial charge in [-0.2, -0.15) is 5.26 Å². The highest BCUT2D eigenvalue weighted by molar-refractivity contribution is 7.13. The van der Waals surface area contributed by atoms with Gasteiger partial charge in [0, 0.05) is 11.6 Å². The molecule has 0 unspecified atom stereocenters.